The Morgan fingerprint density at radius 2 is 2.11 bits per heavy atom. The van der Waals surface area contributed by atoms with Gasteiger partial charge in [0.25, 0.3) is 0 Å². The van der Waals surface area contributed by atoms with Gasteiger partial charge in [0.15, 0.2) is 0 Å². The van der Waals surface area contributed by atoms with E-state index in [-0.39, 0.29) is 12.6 Å². The fraction of sp³-hybridized carbons (Fsp3) is 0.429. The summed E-state index contributed by atoms with van der Waals surface area (Å²) >= 11 is 0. The van der Waals surface area contributed by atoms with Crippen LogP contribution in [0.3, 0.4) is 0 Å². The summed E-state index contributed by atoms with van der Waals surface area (Å²) in [5.74, 6) is 1.65. The van der Waals surface area contributed by atoms with Crippen LogP contribution in [0.5, 0.6) is 5.75 Å². The van der Waals surface area contributed by atoms with E-state index in [4.69, 9.17) is 4.74 Å². The van der Waals surface area contributed by atoms with E-state index in [0.717, 1.165) is 43.3 Å². The zero-order valence-electron chi connectivity index (χ0n) is 15.7. The van der Waals surface area contributed by atoms with Crippen molar-refractivity contribution in [1.82, 2.24) is 9.88 Å². The molecule has 3 rings (SSSR count). The van der Waals surface area contributed by atoms with Gasteiger partial charge in [-0.2, -0.15) is 5.26 Å². The summed E-state index contributed by atoms with van der Waals surface area (Å²) in [6.07, 6.45) is 2.41. The van der Waals surface area contributed by atoms with Gasteiger partial charge in [0.2, 0.25) is 0 Å². The van der Waals surface area contributed by atoms with E-state index in [1.165, 1.54) is 0 Å². The molecule has 1 aromatic carbocycles. The largest absolute Gasteiger partial charge is 0.494 e. The highest BCUT2D eigenvalue weighted by Crippen LogP contribution is 2.26. The molecule has 6 heteroatoms. The van der Waals surface area contributed by atoms with Crippen LogP contribution in [0.1, 0.15) is 24.5 Å². The lowest BCUT2D eigenvalue weighted by Crippen LogP contribution is -2.53. The summed E-state index contributed by atoms with van der Waals surface area (Å²) in [5.41, 5.74) is 1.75. The number of piperazine rings is 1. The van der Waals surface area contributed by atoms with Crippen LogP contribution in [0.25, 0.3) is 0 Å². The van der Waals surface area contributed by atoms with E-state index in [1.54, 1.807) is 18.3 Å². The van der Waals surface area contributed by atoms with E-state index < -0.39 is 0 Å². The molecule has 0 saturated carbocycles. The van der Waals surface area contributed by atoms with E-state index in [0.29, 0.717) is 18.6 Å². The van der Waals surface area contributed by atoms with Gasteiger partial charge in [0.1, 0.15) is 17.6 Å². The Morgan fingerprint density at radius 3 is 2.89 bits per heavy atom. The molecule has 1 aliphatic heterocycles. The molecule has 1 atom stereocenters. The van der Waals surface area contributed by atoms with Crippen molar-refractivity contribution in [2.24, 2.45) is 0 Å². The normalized spacial score (nSPS) is 17.5. The summed E-state index contributed by atoms with van der Waals surface area (Å²) in [4.78, 5) is 8.96. The van der Waals surface area contributed by atoms with Crippen molar-refractivity contribution in [3.63, 3.8) is 0 Å². The van der Waals surface area contributed by atoms with Crippen LogP contribution in [0.2, 0.25) is 0 Å². The number of benzene rings is 1. The standard InChI is InChI=1S/C21H26N4O2/c1-2-27-20-8-4-3-6-18(20)15-24-11-12-25(16-19(24)9-13-26)21-17(14-22)7-5-10-23-21/h3-8,10,19,26H,2,9,11-13,15-16H2,1H3/t19-/m1/s1. The molecular formula is C21H26N4O2. The second kappa shape index (κ2) is 9.36. The molecule has 142 valence electrons. The first-order valence-corrected chi connectivity index (χ1v) is 9.42. The number of aliphatic hydroxyl groups excluding tert-OH is 1. The Morgan fingerprint density at radius 1 is 1.26 bits per heavy atom. The van der Waals surface area contributed by atoms with E-state index in [2.05, 4.69) is 26.9 Å². The average molecular weight is 366 g/mol. The highest BCUT2D eigenvalue weighted by molar-refractivity contribution is 5.54. The number of anilines is 1. The SMILES string of the molecule is CCOc1ccccc1CN1CCN(c2ncccc2C#N)C[C@H]1CCO. The van der Waals surface area contributed by atoms with Crippen molar-refractivity contribution in [3.05, 3.63) is 53.7 Å². The maximum atomic E-state index is 9.56. The van der Waals surface area contributed by atoms with Crippen molar-refractivity contribution >= 4 is 5.82 Å². The molecule has 1 N–H and O–H groups in total. The van der Waals surface area contributed by atoms with Crippen LogP contribution in [-0.4, -0.2) is 53.9 Å². The van der Waals surface area contributed by atoms with Gasteiger partial charge in [-0.15, -0.1) is 0 Å². The van der Waals surface area contributed by atoms with Crippen LogP contribution in [-0.2, 0) is 6.54 Å². The second-order valence-corrected chi connectivity index (χ2v) is 6.61. The topological polar surface area (TPSA) is 72.6 Å². The first-order chi connectivity index (χ1) is 13.3. The van der Waals surface area contributed by atoms with E-state index in [9.17, 15) is 10.4 Å². The third kappa shape index (κ3) is 4.57. The lowest BCUT2D eigenvalue weighted by atomic mass is 10.1. The fourth-order valence-electron chi connectivity index (χ4n) is 3.60. The summed E-state index contributed by atoms with van der Waals surface area (Å²) in [6, 6.07) is 14.1. The van der Waals surface area contributed by atoms with Crippen molar-refractivity contribution in [2.45, 2.75) is 25.9 Å². The van der Waals surface area contributed by atoms with Gasteiger partial charge < -0.3 is 14.7 Å². The van der Waals surface area contributed by atoms with Crippen LogP contribution in [0.15, 0.2) is 42.6 Å². The summed E-state index contributed by atoms with van der Waals surface area (Å²) in [6.45, 7) is 5.92. The summed E-state index contributed by atoms with van der Waals surface area (Å²) in [5, 5.41) is 18.9. The van der Waals surface area contributed by atoms with Gasteiger partial charge in [0, 0.05) is 50.6 Å². The highest BCUT2D eigenvalue weighted by atomic mass is 16.5. The quantitative estimate of drug-likeness (QED) is 0.811. The minimum atomic E-state index is 0.134. The van der Waals surface area contributed by atoms with E-state index in [1.807, 2.05) is 25.1 Å². The molecular weight excluding hydrogens is 340 g/mol. The van der Waals surface area contributed by atoms with Crippen LogP contribution >= 0.6 is 0 Å². The Bertz CT molecular complexity index is 790. The number of nitriles is 1. The third-order valence-corrected chi connectivity index (χ3v) is 4.92. The predicted molar refractivity (Wildman–Crippen MR) is 105 cm³/mol. The Labute approximate surface area is 160 Å². The van der Waals surface area contributed by atoms with Crippen LogP contribution in [0, 0.1) is 11.3 Å². The minimum Gasteiger partial charge on any atom is -0.494 e. The molecule has 1 aliphatic rings. The highest BCUT2D eigenvalue weighted by Gasteiger charge is 2.29. The number of pyridine rings is 1. The lowest BCUT2D eigenvalue weighted by molar-refractivity contribution is 0.134. The minimum absolute atomic E-state index is 0.134. The first kappa shape index (κ1) is 19.2. The number of rotatable bonds is 7. The molecule has 0 radical (unpaired) electrons. The van der Waals surface area contributed by atoms with Crippen molar-refractivity contribution in [1.29, 1.82) is 5.26 Å². The van der Waals surface area contributed by atoms with E-state index >= 15 is 0 Å². The molecule has 6 nitrogen and oxygen atoms in total. The molecule has 2 heterocycles. The molecule has 27 heavy (non-hydrogen) atoms. The molecule has 0 spiro atoms. The first-order valence-electron chi connectivity index (χ1n) is 9.42. The predicted octanol–water partition coefficient (Wildman–Crippen LogP) is 2.43. The number of aliphatic hydroxyl groups is 1. The summed E-state index contributed by atoms with van der Waals surface area (Å²) < 4.78 is 5.76. The zero-order valence-corrected chi connectivity index (χ0v) is 15.7. The van der Waals surface area contributed by atoms with Crippen molar-refractivity contribution in [3.8, 4) is 11.8 Å². The molecule has 1 aromatic heterocycles. The average Bonchev–Trinajstić information content (AvgIpc) is 2.71. The number of hydrogen-bond acceptors (Lipinski definition) is 6. The third-order valence-electron chi connectivity index (χ3n) is 4.92. The molecule has 2 aromatic rings. The fourth-order valence-corrected chi connectivity index (χ4v) is 3.60. The number of para-hydroxylation sites is 1. The monoisotopic (exact) mass is 366 g/mol. The lowest BCUT2D eigenvalue weighted by Gasteiger charge is -2.42. The van der Waals surface area contributed by atoms with Crippen LogP contribution in [0.4, 0.5) is 5.82 Å². The summed E-state index contributed by atoms with van der Waals surface area (Å²) in [7, 11) is 0. The smallest absolute Gasteiger partial charge is 0.146 e. The number of ether oxygens (including phenoxy) is 1. The Kier molecular flexibility index (Phi) is 6.64. The number of aromatic nitrogens is 1. The molecule has 1 saturated heterocycles. The molecule has 0 unspecified atom stereocenters. The number of hydrogen-bond donors (Lipinski definition) is 1. The van der Waals surface area contributed by atoms with Gasteiger partial charge in [0.05, 0.1) is 12.2 Å². The molecule has 0 aliphatic carbocycles. The van der Waals surface area contributed by atoms with Crippen molar-refractivity contribution < 1.29 is 9.84 Å². The van der Waals surface area contributed by atoms with Gasteiger partial charge in [-0.3, -0.25) is 4.90 Å². The van der Waals surface area contributed by atoms with Gasteiger partial charge in [-0.05, 0) is 31.5 Å². The Hall–Kier alpha value is -2.62. The van der Waals surface area contributed by atoms with Crippen LogP contribution < -0.4 is 9.64 Å². The second-order valence-electron chi connectivity index (χ2n) is 6.61. The number of nitrogens with zero attached hydrogens (tertiary/aromatic N) is 4. The maximum Gasteiger partial charge on any atom is 0.146 e. The molecule has 1 fully saturated rings. The van der Waals surface area contributed by atoms with Gasteiger partial charge in [-0.1, -0.05) is 18.2 Å². The van der Waals surface area contributed by atoms with Gasteiger partial charge >= 0.3 is 0 Å². The molecule has 0 bridgehead atoms. The Balaban J connectivity index is 1.76. The van der Waals surface area contributed by atoms with Crippen molar-refractivity contribution in [2.75, 3.05) is 37.7 Å². The molecule has 0 amide bonds. The zero-order chi connectivity index (χ0) is 19.1. The maximum absolute atomic E-state index is 9.56. The van der Waals surface area contributed by atoms with Gasteiger partial charge in [-0.25, -0.2) is 4.98 Å².